The molecule has 1 aliphatic heterocycles. The second-order valence-corrected chi connectivity index (χ2v) is 4.77. The molecule has 92 valence electrons. The van der Waals surface area contributed by atoms with Crippen molar-refractivity contribution < 1.29 is 14.7 Å². The van der Waals surface area contributed by atoms with E-state index in [1.54, 1.807) is 4.90 Å². The van der Waals surface area contributed by atoms with E-state index in [1.165, 1.54) is 0 Å². The van der Waals surface area contributed by atoms with E-state index in [-0.39, 0.29) is 17.7 Å². The van der Waals surface area contributed by atoms with E-state index in [4.69, 9.17) is 10.8 Å². The van der Waals surface area contributed by atoms with Gasteiger partial charge in [-0.15, -0.1) is 0 Å². The van der Waals surface area contributed by atoms with E-state index >= 15 is 0 Å². The summed E-state index contributed by atoms with van der Waals surface area (Å²) < 4.78 is 0. The molecule has 1 saturated heterocycles. The minimum Gasteiger partial charge on any atom is -0.481 e. The van der Waals surface area contributed by atoms with Crippen molar-refractivity contribution >= 4 is 11.9 Å². The van der Waals surface area contributed by atoms with Crippen LogP contribution >= 0.6 is 0 Å². The topological polar surface area (TPSA) is 83.6 Å². The number of nitrogens with two attached hydrogens (primary N) is 1. The highest BCUT2D eigenvalue weighted by Gasteiger charge is 2.36. The van der Waals surface area contributed by atoms with Gasteiger partial charge in [-0.25, -0.2) is 0 Å². The molecule has 3 atom stereocenters. The molecule has 1 heterocycles. The van der Waals surface area contributed by atoms with Crippen LogP contribution in [0, 0.1) is 17.8 Å². The first-order valence-electron chi connectivity index (χ1n) is 5.66. The molecule has 5 nitrogen and oxygen atoms in total. The third-order valence-electron chi connectivity index (χ3n) is 3.21. The van der Waals surface area contributed by atoms with E-state index < -0.39 is 11.9 Å². The molecule has 0 spiro atoms. The maximum Gasteiger partial charge on any atom is 0.308 e. The molecule has 3 N–H and O–H groups in total. The highest BCUT2D eigenvalue weighted by atomic mass is 16.4. The Morgan fingerprint density at radius 2 is 2.12 bits per heavy atom. The highest BCUT2D eigenvalue weighted by molar-refractivity contribution is 5.79. The molecule has 1 aliphatic rings. The first-order chi connectivity index (χ1) is 7.45. The highest BCUT2D eigenvalue weighted by Crippen LogP contribution is 2.24. The van der Waals surface area contributed by atoms with Crippen molar-refractivity contribution in [2.75, 3.05) is 19.6 Å². The molecule has 16 heavy (non-hydrogen) atoms. The molecule has 0 saturated carbocycles. The summed E-state index contributed by atoms with van der Waals surface area (Å²) in [5.74, 6) is -1.01. The molecule has 1 fully saturated rings. The van der Waals surface area contributed by atoms with E-state index in [0.29, 0.717) is 26.1 Å². The van der Waals surface area contributed by atoms with E-state index in [0.717, 1.165) is 0 Å². The van der Waals surface area contributed by atoms with Gasteiger partial charge in [0.1, 0.15) is 0 Å². The standard InChI is InChI=1S/C11H20N2O3/c1-7(4-12)3-10(14)13-5-8(2)9(6-13)11(15)16/h7-9H,3-6,12H2,1-2H3,(H,15,16). The Balaban J connectivity index is 2.51. The first kappa shape index (κ1) is 13.0. The summed E-state index contributed by atoms with van der Waals surface area (Å²) in [5, 5.41) is 8.95. The van der Waals surface area contributed by atoms with Gasteiger partial charge in [0.15, 0.2) is 0 Å². The van der Waals surface area contributed by atoms with Crippen LogP contribution in [0.1, 0.15) is 20.3 Å². The van der Waals surface area contributed by atoms with Gasteiger partial charge in [0, 0.05) is 19.5 Å². The van der Waals surface area contributed by atoms with Gasteiger partial charge in [-0.3, -0.25) is 9.59 Å². The summed E-state index contributed by atoms with van der Waals surface area (Å²) in [4.78, 5) is 24.4. The van der Waals surface area contributed by atoms with E-state index in [2.05, 4.69) is 0 Å². The second kappa shape index (κ2) is 5.30. The van der Waals surface area contributed by atoms with E-state index in [1.807, 2.05) is 13.8 Å². The fourth-order valence-electron chi connectivity index (χ4n) is 2.00. The summed E-state index contributed by atoms with van der Waals surface area (Å²) >= 11 is 0. The minimum atomic E-state index is -0.810. The Hall–Kier alpha value is -1.10. The first-order valence-corrected chi connectivity index (χ1v) is 5.66. The predicted octanol–water partition coefficient (Wildman–Crippen LogP) is 0.150. The number of hydrogen-bond donors (Lipinski definition) is 2. The van der Waals surface area contributed by atoms with Crippen molar-refractivity contribution in [2.24, 2.45) is 23.5 Å². The quantitative estimate of drug-likeness (QED) is 0.717. The van der Waals surface area contributed by atoms with Crippen LogP contribution in [0.4, 0.5) is 0 Å². The molecule has 1 rings (SSSR count). The molecular weight excluding hydrogens is 208 g/mol. The lowest BCUT2D eigenvalue weighted by molar-refractivity contribution is -0.142. The van der Waals surface area contributed by atoms with Crippen molar-refractivity contribution in [3.63, 3.8) is 0 Å². The summed E-state index contributed by atoms with van der Waals surface area (Å²) in [6.07, 6.45) is 0.412. The van der Waals surface area contributed by atoms with Gasteiger partial charge in [0.25, 0.3) is 0 Å². The number of carbonyl (C=O) groups is 2. The van der Waals surface area contributed by atoms with E-state index in [9.17, 15) is 9.59 Å². The van der Waals surface area contributed by atoms with Crippen molar-refractivity contribution in [1.29, 1.82) is 0 Å². The zero-order chi connectivity index (χ0) is 12.3. The number of carboxylic acids is 1. The van der Waals surface area contributed by atoms with Crippen LogP contribution in [0.25, 0.3) is 0 Å². The molecule has 0 aromatic carbocycles. The van der Waals surface area contributed by atoms with Gasteiger partial charge in [-0.1, -0.05) is 13.8 Å². The van der Waals surface area contributed by atoms with Crippen LogP contribution in [-0.4, -0.2) is 41.5 Å². The van der Waals surface area contributed by atoms with Gasteiger partial charge < -0.3 is 15.7 Å². The van der Waals surface area contributed by atoms with Crippen LogP contribution < -0.4 is 5.73 Å². The van der Waals surface area contributed by atoms with Gasteiger partial charge in [-0.2, -0.15) is 0 Å². The van der Waals surface area contributed by atoms with Crippen molar-refractivity contribution in [3.8, 4) is 0 Å². The Bertz CT molecular complexity index is 280. The van der Waals surface area contributed by atoms with Gasteiger partial charge in [0.2, 0.25) is 5.91 Å². The summed E-state index contributed by atoms with van der Waals surface area (Å²) in [6.45, 7) is 5.17. The predicted molar refractivity (Wildman–Crippen MR) is 59.7 cm³/mol. The normalized spacial score (nSPS) is 26.8. The summed E-state index contributed by atoms with van der Waals surface area (Å²) in [7, 11) is 0. The van der Waals surface area contributed by atoms with Crippen LogP contribution in [0.5, 0.6) is 0 Å². The molecule has 1 amide bonds. The van der Waals surface area contributed by atoms with Gasteiger partial charge in [0.05, 0.1) is 5.92 Å². The molecule has 3 unspecified atom stereocenters. The van der Waals surface area contributed by atoms with Crippen LogP contribution in [0.2, 0.25) is 0 Å². The van der Waals surface area contributed by atoms with Crippen molar-refractivity contribution in [2.45, 2.75) is 20.3 Å². The Morgan fingerprint density at radius 3 is 2.56 bits per heavy atom. The number of carboxylic acid groups (broad SMARTS) is 1. The Labute approximate surface area is 95.6 Å². The number of likely N-dealkylation sites (tertiary alicyclic amines) is 1. The molecular formula is C11H20N2O3. The SMILES string of the molecule is CC(CN)CC(=O)N1CC(C)C(C(=O)O)C1. The third kappa shape index (κ3) is 2.95. The van der Waals surface area contributed by atoms with Crippen LogP contribution in [-0.2, 0) is 9.59 Å². The zero-order valence-electron chi connectivity index (χ0n) is 9.85. The fourth-order valence-corrected chi connectivity index (χ4v) is 2.00. The van der Waals surface area contributed by atoms with Gasteiger partial charge >= 0.3 is 5.97 Å². The molecule has 0 aromatic heterocycles. The second-order valence-electron chi connectivity index (χ2n) is 4.77. The molecule has 0 aromatic rings. The molecule has 0 bridgehead atoms. The third-order valence-corrected chi connectivity index (χ3v) is 3.21. The maximum absolute atomic E-state index is 11.8. The Morgan fingerprint density at radius 1 is 1.50 bits per heavy atom. The number of nitrogens with zero attached hydrogens (tertiary/aromatic N) is 1. The zero-order valence-corrected chi connectivity index (χ0v) is 9.85. The average Bonchev–Trinajstić information content (AvgIpc) is 2.60. The van der Waals surface area contributed by atoms with Crippen LogP contribution in [0.3, 0.4) is 0 Å². The lowest BCUT2D eigenvalue weighted by Gasteiger charge is -2.18. The fraction of sp³-hybridized carbons (Fsp3) is 0.818. The number of hydrogen-bond acceptors (Lipinski definition) is 3. The summed E-state index contributed by atoms with van der Waals surface area (Å²) in [5.41, 5.74) is 5.46. The number of rotatable bonds is 4. The van der Waals surface area contributed by atoms with Gasteiger partial charge in [-0.05, 0) is 18.4 Å². The lowest BCUT2D eigenvalue weighted by Crippen LogP contribution is -2.32. The summed E-state index contributed by atoms with van der Waals surface area (Å²) in [6, 6.07) is 0. The number of carbonyl (C=O) groups excluding carboxylic acids is 1. The Kier molecular flexibility index (Phi) is 4.29. The molecule has 0 radical (unpaired) electrons. The average molecular weight is 228 g/mol. The lowest BCUT2D eigenvalue weighted by atomic mass is 9.99. The molecule has 0 aliphatic carbocycles. The molecule has 5 heteroatoms. The maximum atomic E-state index is 11.8. The van der Waals surface area contributed by atoms with Crippen molar-refractivity contribution in [1.82, 2.24) is 4.90 Å². The van der Waals surface area contributed by atoms with Crippen LogP contribution in [0.15, 0.2) is 0 Å². The largest absolute Gasteiger partial charge is 0.481 e. The monoisotopic (exact) mass is 228 g/mol. The number of amides is 1. The van der Waals surface area contributed by atoms with Crippen molar-refractivity contribution in [3.05, 3.63) is 0 Å². The smallest absolute Gasteiger partial charge is 0.308 e. The minimum absolute atomic E-state index is 0.0218. The number of aliphatic carboxylic acids is 1.